The van der Waals surface area contributed by atoms with Gasteiger partial charge in [-0.3, -0.25) is 14.5 Å². The highest BCUT2D eigenvalue weighted by molar-refractivity contribution is 7.17. The molecule has 0 spiro atoms. The second kappa shape index (κ2) is 9.55. The molecule has 5 rings (SSSR count). The lowest BCUT2D eigenvalue weighted by molar-refractivity contribution is 0.0691. The SMILES string of the molecule is C[C@@H]1CCCN1C[C@@H]1CCCN1C(=O)c1ccc(-c2ccc(C(=O)N3CCCC3)s2)cc1F. The number of carbonyl (C=O) groups excluding carboxylic acids is 2. The highest BCUT2D eigenvalue weighted by Crippen LogP contribution is 2.32. The topological polar surface area (TPSA) is 43.9 Å². The number of thiophene rings is 1. The molecule has 0 aliphatic carbocycles. The fourth-order valence-corrected chi connectivity index (χ4v) is 6.48. The summed E-state index contributed by atoms with van der Waals surface area (Å²) in [6, 6.07) is 9.28. The quantitative estimate of drug-likeness (QED) is 0.627. The number of nitrogens with zero attached hydrogens (tertiary/aromatic N) is 3. The third-order valence-electron chi connectivity index (χ3n) is 7.47. The zero-order valence-electron chi connectivity index (χ0n) is 19.3. The van der Waals surface area contributed by atoms with Crippen molar-refractivity contribution in [2.24, 2.45) is 0 Å². The van der Waals surface area contributed by atoms with Crippen LogP contribution in [-0.2, 0) is 0 Å². The minimum atomic E-state index is -0.487. The van der Waals surface area contributed by atoms with Crippen molar-refractivity contribution in [2.45, 2.75) is 57.5 Å². The highest BCUT2D eigenvalue weighted by Gasteiger charge is 2.34. The third-order valence-corrected chi connectivity index (χ3v) is 8.59. The summed E-state index contributed by atoms with van der Waals surface area (Å²) >= 11 is 1.39. The van der Waals surface area contributed by atoms with Crippen LogP contribution in [-0.4, -0.2) is 71.3 Å². The van der Waals surface area contributed by atoms with Crippen molar-refractivity contribution in [1.29, 1.82) is 0 Å². The maximum atomic E-state index is 15.1. The Kier molecular flexibility index (Phi) is 6.52. The van der Waals surface area contributed by atoms with Crippen molar-refractivity contribution in [3.8, 4) is 10.4 Å². The second-order valence-electron chi connectivity index (χ2n) is 9.64. The van der Waals surface area contributed by atoms with Crippen LogP contribution in [0.2, 0.25) is 0 Å². The van der Waals surface area contributed by atoms with Crippen molar-refractivity contribution in [1.82, 2.24) is 14.7 Å². The normalized spacial score (nSPS) is 23.6. The molecule has 176 valence electrons. The number of amides is 2. The molecule has 3 aliphatic heterocycles. The molecule has 2 amide bonds. The van der Waals surface area contributed by atoms with E-state index in [9.17, 15) is 9.59 Å². The third kappa shape index (κ3) is 4.58. The number of carbonyl (C=O) groups is 2. The van der Waals surface area contributed by atoms with Crippen molar-refractivity contribution < 1.29 is 14.0 Å². The summed E-state index contributed by atoms with van der Waals surface area (Å²) in [6.45, 7) is 6.54. The molecule has 4 heterocycles. The number of rotatable bonds is 5. The van der Waals surface area contributed by atoms with Crippen LogP contribution >= 0.6 is 11.3 Å². The van der Waals surface area contributed by atoms with Crippen molar-refractivity contribution in [2.75, 3.05) is 32.7 Å². The number of likely N-dealkylation sites (tertiary alicyclic amines) is 3. The summed E-state index contributed by atoms with van der Waals surface area (Å²) in [5.74, 6) is -0.633. The molecular weight excluding hydrogens is 437 g/mol. The van der Waals surface area contributed by atoms with Crippen LogP contribution in [0.15, 0.2) is 30.3 Å². The van der Waals surface area contributed by atoms with Crippen molar-refractivity contribution in [3.63, 3.8) is 0 Å². The summed E-state index contributed by atoms with van der Waals surface area (Å²) in [7, 11) is 0. The number of hydrogen-bond acceptors (Lipinski definition) is 4. The van der Waals surface area contributed by atoms with Gasteiger partial charge in [-0.15, -0.1) is 11.3 Å². The van der Waals surface area contributed by atoms with Crippen LogP contribution in [0, 0.1) is 5.82 Å². The Bertz CT molecular complexity index is 1030. The van der Waals surface area contributed by atoms with Crippen LogP contribution in [0.5, 0.6) is 0 Å². The van der Waals surface area contributed by atoms with E-state index in [-0.39, 0.29) is 23.4 Å². The molecule has 1 aromatic heterocycles. The van der Waals surface area contributed by atoms with Gasteiger partial charge in [0.25, 0.3) is 11.8 Å². The monoisotopic (exact) mass is 469 g/mol. The van der Waals surface area contributed by atoms with Crippen LogP contribution in [0.3, 0.4) is 0 Å². The molecule has 2 aromatic rings. The zero-order chi connectivity index (χ0) is 22.9. The van der Waals surface area contributed by atoms with E-state index < -0.39 is 5.82 Å². The second-order valence-corrected chi connectivity index (χ2v) is 10.7. The van der Waals surface area contributed by atoms with Crippen LogP contribution in [0.4, 0.5) is 4.39 Å². The van der Waals surface area contributed by atoms with E-state index in [1.807, 2.05) is 21.9 Å². The Balaban J connectivity index is 1.29. The Morgan fingerprint density at radius 3 is 2.48 bits per heavy atom. The van der Waals surface area contributed by atoms with Crippen LogP contribution in [0.25, 0.3) is 10.4 Å². The van der Waals surface area contributed by atoms with Crippen LogP contribution in [0.1, 0.15) is 65.5 Å². The fraction of sp³-hybridized carbons (Fsp3) is 0.538. The van der Waals surface area contributed by atoms with E-state index in [2.05, 4.69) is 11.8 Å². The molecule has 1 aromatic carbocycles. The van der Waals surface area contributed by atoms with Gasteiger partial charge in [0.15, 0.2) is 0 Å². The molecule has 0 unspecified atom stereocenters. The zero-order valence-corrected chi connectivity index (χ0v) is 20.1. The predicted molar refractivity (Wildman–Crippen MR) is 129 cm³/mol. The lowest BCUT2D eigenvalue weighted by atomic mass is 10.1. The maximum Gasteiger partial charge on any atom is 0.263 e. The van der Waals surface area contributed by atoms with Gasteiger partial charge in [-0.05, 0) is 81.8 Å². The minimum Gasteiger partial charge on any atom is -0.338 e. The molecular formula is C26H32FN3O2S. The standard InChI is InChI=1S/C26H32FN3O2S/c1-18-6-4-14-29(18)17-20-7-5-15-30(20)25(31)21-9-8-19(16-22(21)27)23-10-11-24(33-23)26(32)28-12-2-3-13-28/h8-11,16,18,20H,2-7,12-15,17H2,1H3/t18-,20+/m1/s1. The molecule has 3 fully saturated rings. The summed E-state index contributed by atoms with van der Waals surface area (Å²) in [5.41, 5.74) is 0.850. The number of hydrogen-bond donors (Lipinski definition) is 0. The van der Waals surface area contributed by atoms with E-state index in [1.165, 1.54) is 30.2 Å². The van der Waals surface area contributed by atoms with Gasteiger partial charge in [-0.1, -0.05) is 6.07 Å². The van der Waals surface area contributed by atoms with Crippen LogP contribution < -0.4 is 0 Å². The lowest BCUT2D eigenvalue weighted by Crippen LogP contribution is -2.44. The molecule has 2 atom stereocenters. The van der Waals surface area contributed by atoms with Gasteiger partial charge in [0.1, 0.15) is 5.82 Å². The Labute approximate surface area is 199 Å². The van der Waals surface area contributed by atoms with Gasteiger partial charge in [-0.25, -0.2) is 4.39 Å². The average molecular weight is 470 g/mol. The first kappa shape index (κ1) is 22.5. The molecule has 5 nitrogen and oxygen atoms in total. The number of halogens is 1. The molecule has 0 N–H and O–H groups in total. The first-order valence-corrected chi connectivity index (χ1v) is 13.1. The molecule has 3 saturated heterocycles. The van der Waals surface area contributed by atoms with E-state index in [1.54, 1.807) is 12.1 Å². The lowest BCUT2D eigenvalue weighted by Gasteiger charge is -2.31. The molecule has 7 heteroatoms. The van der Waals surface area contributed by atoms with Gasteiger partial charge in [0.2, 0.25) is 0 Å². The van der Waals surface area contributed by atoms with E-state index in [4.69, 9.17) is 0 Å². The molecule has 3 aliphatic rings. The fourth-order valence-electron chi connectivity index (χ4n) is 5.51. The van der Waals surface area contributed by atoms with E-state index in [0.717, 1.165) is 56.7 Å². The number of benzene rings is 1. The highest BCUT2D eigenvalue weighted by atomic mass is 32.1. The first-order valence-electron chi connectivity index (χ1n) is 12.3. The van der Waals surface area contributed by atoms with Gasteiger partial charge in [-0.2, -0.15) is 0 Å². The summed E-state index contributed by atoms with van der Waals surface area (Å²) in [4.78, 5) is 33.6. The van der Waals surface area contributed by atoms with Gasteiger partial charge in [0.05, 0.1) is 10.4 Å². The summed E-state index contributed by atoms with van der Waals surface area (Å²) in [6.07, 6.45) is 6.50. The van der Waals surface area contributed by atoms with Crippen molar-refractivity contribution in [3.05, 3.63) is 46.6 Å². The Morgan fingerprint density at radius 2 is 1.76 bits per heavy atom. The summed E-state index contributed by atoms with van der Waals surface area (Å²) < 4.78 is 15.1. The van der Waals surface area contributed by atoms with E-state index >= 15 is 4.39 Å². The first-order chi connectivity index (χ1) is 16.0. The average Bonchev–Trinajstić information content (AvgIpc) is 3.61. The van der Waals surface area contributed by atoms with Crippen molar-refractivity contribution >= 4 is 23.2 Å². The van der Waals surface area contributed by atoms with Gasteiger partial charge >= 0.3 is 0 Å². The van der Waals surface area contributed by atoms with Gasteiger partial charge in [0, 0.05) is 43.1 Å². The van der Waals surface area contributed by atoms with Gasteiger partial charge < -0.3 is 9.80 Å². The smallest absolute Gasteiger partial charge is 0.263 e. The molecule has 33 heavy (non-hydrogen) atoms. The molecule has 0 saturated carbocycles. The maximum absolute atomic E-state index is 15.1. The predicted octanol–water partition coefficient (Wildman–Crippen LogP) is 4.88. The molecule has 0 bridgehead atoms. The molecule has 0 radical (unpaired) electrons. The minimum absolute atomic E-state index is 0.0587. The Morgan fingerprint density at radius 1 is 0.970 bits per heavy atom. The largest absolute Gasteiger partial charge is 0.338 e. The summed E-state index contributed by atoms with van der Waals surface area (Å²) in [5, 5.41) is 0. The Hall–Kier alpha value is -2.25. The van der Waals surface area contributed by atoms with E-state index in [0.29, 0.717) is 23.0 Å².